The Morgan fingerprint density at radius 3 is 2.76 bits per heavy atom. The van der Waals surface area contributed by atoms with Crippen LogP contribution in [0.3, 0.4) is 0 Å². The van der Waals surface area contributed by atoms with Gasteiger partial charge in [0.15, 0.2) is 0 Å². The van der Waals surface area contributed by atoms with Gasteiger partial charge < -0.3 is 20.3 Å². The van der Waals surface area contributed by atoms with E-state index in [0.29, 0.717) is 79.7 Å². The summed E-state index contributed by atoms with van der Waals surface area (Å²) in [7, 11) is 0. The number of ether oxygens (including phenoxy) is 1. The molecule has 0 radical (unpaired) electrons. The van der Waals surface area contributed by atoms with Crippen molar-refractivity contribution in [3.8, 4) is 17.0 Å². The summed E-state index contributed by atoms with van der Waals surface area (Å²) < 4.78 is 7.67. The fourth-order valence-corrected chi connectivity index (χ4v) is 5.50. The first-order chi connectivity index (χ1) is 21.9. The molecule has 0 unspecified atom stereocenters. The summed E-state index contributed by atoms with van der Waals surface area (Å²) in [6, 6.07) is 16.1. The van der Waals surface area contributed by atoms with Crippen molar-refractivity contribution >= 4 is 29.5 Å². The number of nitrogens with zero attached hydrogens (tertiary/aromatic N) is 5. The second-order valence-electron chi connectivity index (χ2n) is 10.9. The van der Waals surface area contributed by atoms with Crippen LogP contribution < -0.4 is 15.4 Å². The van der Waals surface area contributed by atoms with Gasteiger partial charge in [-0.3, -0.25) is 24.2 Å². The van der Waals surface area contributed by atoms with Gasteiger partial charge in [-0.05, 0) is 55.5 Å². The average molecular weight is 631 g/mol. The van der Waals surface area contributed by atoms with E-state index in [1.807, 2.05) is 61.8 Å². The molecule has 2 aromatic heterocycles. The Bertz CT molecular complexity index is 1610. The minimum atomic E-state index is -0.700. The number of hydrogen-bond acceptors (Lipinski definition) is 8. The zero-order chi connectivity index (χ0) is 31.6. The van der Waals surface area contributed by atoms with E-state index in [1.54, 1.807) is 33.5 Å². The smallest absolute Gasteiger partial charge is 0.272 e. The highest BCUT2D eigenvalue weighted by atomic mass is 32.2. The number of aromatic nitrogens is 5. The molecular formula is C32H38N8O4S. The number of H-pyrrole nitrogens is 1. The van der Waals surface area contributed by atoms with Crippen molar-refractivity contribution in [3.63, 3.8) is 0 Å². The molecule has 0 saturated heterocycles. The number of carbonyl (C=O) groups is 3. The van der Waals surface area contributed by atoms with Crippen LogP contribution in [0, 0.1) is 6.92 Å². The molecule has 0 saturated carbocycles. The summed E-state index contributed by atoms with van der Waals surface area (Å²) in [5.74, 6) is 0.461. The third-order valence-corrected chi connectivity index (χ3v) is 8.14. The predicted octanol–water partition coefficient (Wildman–Crippen LogP) is 3.46. The molecule has 2 aromatic carbocycles. The van der Waals surface area contributed by atoms with Gasteiger partial charge in [0.2, 0.25) is 5.91 Å². The van der Waals surface area contributed by atoms with Crippen LogP contribution in [0.25, 0.3) is 11.3 Å². The monoisotopic (exact) mass is 630 g/mol. The minimum absolute atomic E-state index is 0.234. The van der Waals surface area contributed by atoms with Crippen LogP contribution in [-0.4, -0.2) is 85.6 Å². The van der Waals surface area contributed by atoms with Crippen LogP contribution in [0.5, 0.6) is 5.75 Å². The van der Waals surface area contributed by atoms with E-state index < -0.39 is 6.04 Å². The predicted molar refractivity (Wildman–Crippen MR) is 172 cm³/mol. The van der Waals surface area contributed by atoms with Crippen LogP contribution in [0.15, 0.2) is 60.8 Å². The van der Waals surface area contributed by atoms with Crippen LogP contribution in [0.1, 0.15) is 51.4 Å². The quantitative estimate of drug-likeness (QED) is 0.304. The van der Waals surface area contributed by atoms with Gasteiger partial charge in [-0.15, -0.1) is 5.10 Å². The van der Waals surface area contributed by atoms with Crippen molar-refractivity contribution in [1.29, 1.82) is 0 Å². The molecule has 1 aliphatic heterocycles. The summed E-state index contributed by atoms with van der Waals surface area (Å²) in [4.78, 5) is 41.9. The topological polar surface area (TPSA) is 147 Å². The first kappa shape index (κ1) is 31.8. The number of aromatic amines is 1. The largest absolute Gasteiger partial charge is 0.494 e. The van der Waals surface area contributed by atoms with Gasteiger partial charge in [0, 0.05) is 37.2 Å². The normalized spacial score (nSPS) is 16.8. The molecule has 0 aliphatic carbocycles. The second kappa shape index (κ2) is 15.4. The van der Waals surface area contributed by atoms with E-state index in [2.05, 4.69) is 31.1 Å². The first-order valence-corrected chi connectivity index (χ1v) is 16.4. The lowest BCUT2D eigenvalue weighted by Gasteiger charge is -2.22. The van der Waals surface area contributed by atoms with Gasteiger partial charge in [-0.1, -0.05) is 41.6 Å². The SMILES string of the molecule is CSCC[C@@H]1NC(=O)c2cc(ccc2C)OCCCn2cc(nn2)CN(C(=O)c2cc(-c3ccccc3)n[nH]2)CCCNC1=O. The maximum Gasteiger partial charge on any atom is 0.272 e. The van der Waals surface area contributed by atoms with E-state index in [-0.39, 0.29) is 24.3 Å². The van der Waals surface area contributed by atoms with E-state index in [0.717, 1.165) is 11.1 Å². The van der Waals surface area contributed by atoms with Crippen molar-refractivity contribution in [2.75, 3.05) is 31.7 Å². The van der Waals surface area contributed by atoms with Gasteiger partial charge in [0.1, 0.15) is 23.2 Å². The fourth-order valence-electron chi connectivity index (χ4n) is 5.02. The lowest BCUT2D eigenvalue weighted by molar-refractivity contribution is -0.123. The third kappa shape index (κ3) is 8.50. The molecule has 3 heterocycles. The second-order valence-corrected chi connectivity index (χ2v) is 11.8. The van der Waals surface area contributed by atoms with Crippen LogP contribution in [0.2, 0.25) is 0 Å². The summed E-state index contributed by atoms with van der Waals surface area (Å²) in [6.45, 7) is 3.75. The summed E-state index contributed by atoms with van der Waals surface area (Å²) in [5, 5.41) is 21.6. The number of benzene rings is 2. The highest BCUT2D eigenvalue weighted by molar-refractivity contribution is 7.98. The van der Waals surface area contributed by atoms with Gasteiger partial charge in [-0.2, -0.15) is 16.9 Å². The third-order valence-electron chi connectivity index (χ3n) is 7.49. The van der Waals surface area contributed by atoms with Crippen LogP contribution in [0.4, 0.5) is 0 Å². The van der Waals surface area contributed by atoms with E-state index >= 15 is 0 Å². The van der Waals surface area contributed by atoms with E-state index in [9.17, 15) is 14.4 Å². The fraction of sp³-hybridized carbons (Fsp3) is 0.375. The average Bonchev–Trinajstić information content (AvgIpc) is 3.73. The maximum atomic E-state index is 13.7. The molecule has 45 heavy (non-hydrogen) atoms. The van der Waals surface area contributed by atoms with Crippen molar-refractivity contribution in [2.45, 2.75) is 45.3 Å². The van der Waals surface area contributed by atoms with Crippen molar-refractivity contribution in [1.82, 2.24) is 40.7 Å². The molecule has 5 rings (SSSR count). The summed E-state index contributed by atoms with van der Waals surface area (Å²) >= 11 is 1.61. The van der Waals surface area contributed by atoms with Crippen molar-refractivity contribution in [3.05, 3.63) is 83.3 Å². The highest BCUT2D eigenvalue weighted by Crippen LogP contribution is 2.20. The molecule has 236 valence electrons. The molecule has 1 atom stereocenters. The van der Waals surface area contributed by atoms with Crippen molar-refractivity contribution in [2.24, 2.45) is 0 Å². The Balaban J connectivity index is 1.34. The lowest BCUT2D eigenvalue weighted by Crippen LogP contribution is -2.47. The van der Waals surface area contributed by atoms with E-state index in [1.165, 1.54) is 0 Å². The molecule has 0 spiro atoms. The van der Waals surface area contributed by atoms with Crippen molar-refractivity contribution < 1.29 is 19.1 Å². The number of aryl methyl sites for hydroxylation is 2. The maximum absolute atomic E-state index is 13.7. The Morgan fingerprint density at radius 2 is 1.93 bits per heavy atom. The molecule has 12 nitrogen and oxygen atoms in total. The van der Waals surface area contributed by atoms with Gasteiger partial charge in [-0.25, -0.2) is 0 Å². The molecule has 4 aromatic rings. The van der Waals surface area contributed by atoms with Gasteiger partial charge in [0.25, 0.3) is 11.8 Å². The molecule has 4 bridgehead atoms. The Morgan fingerprint density at radius 1 is 1.09 bits per heavy atom. The summed E-state index contributed by atoms with van der Waals surface area (Å²) in [6.07, 6.45) is 5.43. The highest BCUT2D eigenvalue weighted by Gasteiger charge is 2.24. The zero-order valence-electron chi connectivity index (χ0n) is 25.5. The van der Waals surface area contributed by atoms with Gasteiger partial charge >= 0.3 is 0 Å². The first-order valence-electron chi connectivity index (χ1n) is 15.0. The number of carbonyl (C=O) groups excluding carboxylic acids is 3. The molecule has 13 heteroatoms. The molecule has 1 aliphatic rings. The van der Waals surface area contributed by atoms with Gasteiger partial charge in [0.05, 0.1) is 25.0 Å². The van der Waals surface area contributed by atoms with Crippen LogP contribution in [-0.2, 0) is 17.9 Å². The minimum Gasteiger partial charge on any atom is -0.494 e. The zero-order valence-corrected chi connectivity index (χ0v) is 26.3. The Hall–Kier alpha value is -4.65. The number of amides is 3. The number of rotatable bonds is 5. The Kier molecular flexibility index (Phi) is 10.9. The molecule has 3 amide bonds. The lowest BCUT2D eigenvalue weighted by atomic mass is 10.1. The standard InChI is InChI=1S/C32H38N8O4S/c1-22-10-11-25-18-26(22)30(41)34-27(12-17-45-2)31(42)33-13-6-14-39(20-24-21-40(38-35-24)15-7-16-44-25)32(43)29-19-28(36-37-29)23-8-4-3-5-9-23/h3-5,8-11,18-19,21,27H,6-7,12-17,20H2,1-2H3,(H,33,42)(H,34,41)(H,36,37)/t27-/m0/s1. The molecule has 0 fully saturated rings. The van der Waals surface area contributed by atoms with E-state index in [4.69, 9.17) is 4.74 Å². The Labute approximate surface area is 266 Å². The number of hydrogen-bond donors (Lipinski definition) is 3. The number of fused-ring (bicyclic) bond motifs is 4. The summed E-state index contributed by atoms with van der Waals surface area (Å²) in [5.41, 5.74) is 3.84. The number of nitrogens with one attached hydrogen (secondary N) is 3. The number of thioether (sulfide) groups is 1. The molecular weight excluding hydrogens is 592 g/mol. The van der Waals surface area contributed by atoms with Crippen LogP contribution >= 0.6 is 11.8 Å². The molecule has 3 N–H and O–H groups in total.